The standard InChI is InChI=1S/C19H20FN5O3/c1-11-15(12(2)25-18(23-11)21-10-22-25)8-9-16(26)24-19(3,17(27)28)13-4-6-14(20)7-5-13/h4-7,10H,8-9H2,1-3H3,(H,24,26)(H,27,28). The maximum atomic E-state index is 13.2. The van der Waals surface area contributed by atoms with E-state index in [1.165, 1.54) is 25.4 Å². The molecule has 0 aliphatic carbocycles. The second-order valence-corrected chi connectivity index (χ2v) is 6.72. The molecule has 146 valence electrons. The minimum Gasteiger partial charge on any atom is -0.479 e. The van der Waals surface area contributed by atoms with Gasteiger partial charge >= 0.3 is 5.97 Å². The second kappa shape index (κ2) is 7.34. The predicted octanol–water partition coefficient (Wildman–Crippen LogP) is 1.93. The summed E-state index contributed by atoms with van der Waals surface area (Å²) < 4.78 is 14.8. The first-order valence-corrected chi connectivity index (χ1v) is 8.68. The van der Waals surface area contributed by atoms with Crippen LogP contribution in [-0.4, -0.2) is 36.6 Å². The summed E-state index contributed by atoms with van der Waals surface area (Å²) in [5, 5.41) is 16.3. The number of fused-ring (bicyclic) bond motifs is 1. The first-order valence-electron chi connectivity index (χ1n) is 8.68. The molecule has 1 atom stereocenters. The number of nitrogens with one attached hydrogen (secondary N) is 1. The monoisotopic (exact) mass is 385 g/mol. The van der Waals surface area contributed by atoms with Crippen LogP contribution in [0.25, 0.3) is 5.78 Å². The number of halogens is 1. The summed E-state index contributed by atoms with van der Waals surface area (Å²) in [5.74, 6) is -1.67. The zero-order valence-electron chi connectivity index (χ0n) is 15.7. The highest BCUT2D eigenvalue weighted by molar-refractivity contribution is 5.87. The van der Waals surface area contributed by atoms with Crippen molar-refractivity contribution in [1.29, 1.82) is 0 Å². The van der Waals surface area contributed by atoms with Gasteiger partial charge in [0.1, 0.15) is 12.1 Å². The summed E-state index contributed by atoms with van der Waals surface area (Å²) in [4.78, 5) is 32.7. The highest BCUT2D eigenvalue weighted by atomic mass is 19.1. The van der Waals surface area contributed by atoms with Crippen LogP contribution in [0.1, 0.15) is 35.9 Å². The Morgan fingerprint density at radius 3 is 2.57 bits per heavy atom. The molecular formula is C19H20FN5O3. The minimum absolute atomic E-state index is 0.0631. The van der Waals surface area contributed by atoms with Crippen LogP contribution in [0.5, 0.6) is 0 Å². The number of carbonyl (C=O) groups excluding carboxylic acids is 1. The molecule has 28 heavy (non-hydrogen) atoms. The lowest BCUT2D eigenvalue weighted by atomic mass is 9.91. The Morgan fingerprint density at radius 1 is 1.25 bits per heavy atom. The van der Waals surface area contributed by atoms with E-state index < -0.39 is 23.2 Å². The largest absolute Gasteiger partial charge is 0.479 e. The molecule has 2 aromatic heterocycles. The number of aryl methyl sites for hydroxylation is 2. The van der Waals surface area contributed by atoms with Crippen molar-refractivity contribution in [3.8, 4) is 0 Å². The Hall–Kier alpha value is -3.36. The molecule has 0 spiro atoms. The van der Waals surface area contributed by atoms with Gasteiger partial charge in [-0.25, -0.2) is 18.7 Å². The Kier molecular flexibility index (Phi) is 5.08. The van der Waals surface area contributed by atoms with Crippen LogP contribution in [0.2, 0.25) is 0 Å². The second-order valence-electron chi connectivity index (χ2n) is 6.72. The Balaban J connectivity index is 1.77. The van der Waals surface area contributed by atoms with Crippen molar-refractivity contribution in [3.63, 3.8) is 0 Å². The van der Waals surface area contributed by atoms with E-state index in [0.717, 1.165) is 29.1 Å². The summed E-state index contributed by atoms with van der Waals surface area (Å²) in [6, 6.07) is 5.02. The van der Waals surface area contributed by atoms with E-state index in [0.29, 0.717) is 12.2 Å². The average molecular weight is 385 g/mol. The van der Waals surface area contributed by atoms with Crippen LogP contribution in [0.3, 0.4) is 0 Å². The molecule has 0 aliphatic rings. The van der Waals surface area contributed by atoms with Crippen molar-refractivity contribution >= 4 is 17.7 Å². The molecule has 1 amide bonds. The van der Waals surface area contributed by atoms with Gasteiger partial charge in [-0.2, -0.15) is 10.1 Å². The molecular weight excluding hydrogens is 365 g/mol. The van der Waals surface area contributed by atoms with Gasteiger partial charge < -0.3 is 10.4 Å². The third kappa shape index (κ3) is 3.55. The lowest BCUT2D eigenvalue weighted by Gasteiger charge is -2.27. The van der Waals surface area contributed by atoms with Crippen LogP contribution in [-0.2, 0) is 21.5 Å². The van der Waals surface area contributed by atoms with E-state index in [1.54, 1.807) is 4.52 Å². The number of aromatic nitrogens is 4. The van der Waals surface area contributed by atoms with E-state index in [2.05, 4.69) is 20.4 Å². The first kappa shape index (κ1) is 19.4. The Bertz CT molecular complexity index is 1050. The molecule has 1 unspecified atom stereocenters. The van der Waals surface area contributed by atoms with Gasteiger partial charge in [0, 0.05) is 17.8 Å². The van der Waals surface area contributed by atoms with Crippen molar-refractivity contribution in [3.05, 3.63) is 58.9 Å². The van der Waals surface area contributed by atoms with Crippen molar-refractivity contribution in [2.75, 3.05) is 0 Å². The number of rotatable bonds is 6. The number of nitrogens with zero attached hydrogens (tertiary/aromatic N) is 4. The smallest absolute Gasteiger partial charge is 0.333 e. The SMILES string of the molecule is Cc1nc2ncnn2c(C)c1CCC(=O)NC(C)(C(=O)O)c1ccc(F)cc1. The fraction of sp³-hybridized carbons (Fsp3) is 0.316. The van der Waals surface area contributed by atoms with E-state index >= 15 is 0 Å². The molecule has 0 saturated heterocycles. The lowest BCUT2D eigenvalue weighted by Crippen LogP contribution is -2.49. The van der Waals surface area contributed by atoms with Crippen LogP contribution in [0, 0.1) is 19.7 Å². The summed E-state index contributed by atoms with van der Waals surface area (Å²) in [7, 11) is 0. The molecule has 2 N–H and O–H groups in total. The van der Waals surface area contributed by atoms with Gasteiger partial charge in [0.15, 0.2) is 5.54 Å². The van der Waals surface area contributed by atoms with Crippen LogP contribution in [0.15, 0.2) is 30.6 Å². The van der Waals surface area contributed by atoms with Gasteiger partial charge in [-0.3, -0.25) is 4.79 Å². The lowest BCUT2D eigenvalue weighted by molar-refractivity contribution is -0.147. The van der Waals surface area contributed by atoms with E-state index in [4.69, 9.17) is 0 Å². The van der Waals surface area contributed by atoms with E-state index in [9.17, 15) is 19.1 Å². The summed E-state index contributed by atoms with van der Waals surface area (Å²) in [5.41, 5.74) is 1.04. The third-order valence-electron chi connectivity index (χ3n) is 4.83. The maximum absolute atomic E-state index is 13.2. The van der Waals surface area contributed by atoms with Gasteiger partial charge in [0.05, 0.1) is 0 Å². The maximum Gasteiger partial charge on any atom is 0.333 e. The average Bonchev–Trinajstić information content (AvgIpc) is 3.10. The number of amides is 1. The number of carboxylic acids is 1. The fourth-order valence-corrected chi connectivity index (χ4v) is 3.13. The molecule has 0 radical (unpaired) electrons. The topological polar surface area (TPSA) is 109 Å². The molecule has 9 heteroatoms. The van der Waals surface area contributed by atoms with Crippen LogP contribution < -0.4 is 5.32 Å². The number of carbonyl (C=O) groups is 2. The molecule has 8 nitrogen and oxygen atoms in total. The molecule has 0 bridgehead atoms. The zero-order valence-corrected chi connectivity index (χ0v) is 15.7. The molecule has 0 fully saturated rings. The van der Waals surface area contributed by atoms with Crippen molar-refractivity contribution in [2.45, 2.75) is 39.2 Å². The van der Waals surface area contributed by atoms with Crippen LogP contribution >= 0.6 is 0 Å². The van der Waals surface area contributed by atoms with Crippen molar-refractivity contribution in [2.24, 2.45) is 0 Å². The number of aliphatic carboxylic acids is 1. The molecule has 3 rings (SSSR count). The number of carboxylic acid groups (broad SMARTS) is 1. The normalized spacial score (nSPS) is 13.3. The number of benzene rings is 1. The van der Waals surface area contributed by atoms with E-state index in [1.807, 2.05) is 13.8 Å². The van der Waals surface area contributed by atoms with Gasteiger partial charge in [0.25, 0.3) is 5.78 Å². The Morgan fingerprint density at radius 2 is 1.93 bits per heavy atom. The summed E-state index contributed by atoms with van der Waals surface area (Å²) in [6.45, 7) is 5.07. The van der Waals surface area contributed by atoms with E-state index in [-0.39, 0.29) is 12.0 Å². The highest BCUT2D eigenvalue weighted by Crippen LogP contribution is 2.22. The fourth-order valence-electron chi connectivity index (χ4n) is 3.13. The quantitative estimate of drug-likeness (QED) is 0.671. The molecule has 2 heterocycles. The van der Waals surface area contributed by atoms with Gasteiger partial charge in [-0.1, -0.05) is 12.1 Å². The van der Waals surface area contributed by atoms with Crippen molar-refractivity contribution in [1.82, 2.24) is 24.9 Å². The third-order valence-corrected chi connectivity index (χ3v) is 4.83. The number of hydrogen-bond acceptors (Lipinski definition) is 5. The van der Waals surface area contributed by atoms with Crippen molar-refractivity contribution < 1.29 is 19.1 Å². The van der Waals surface area contributed by atoms with Gasteiger partial charge in [0.2, 0.25) is 5.91 Å². The summed E-state index contributed by atoms with van der Waals surface area (Å²) >= 11 is 0. The molecule has 3 aromatic rings. The van der Waals surface area contributed by atoms with Crippen LogP contribution in [0.4, 0.5) is 4.39 Å². The first-order chi connectivity index (χ1) is 13.2. The number of hydrogen-bond donors (Lipinski definition) is 2. The highest BCUT2D eigenvalue weighted by Gasteiger charge is 2.36. The van der Waals surface area contributed by atoms with Gasteiger partial charge in [-0.05, 0) is 50.5 Å². The summed E-state index contributed by atoms with van der Waals surface area (Å²) in [6.07, 6.45) is 1.84. The van der Waals surface area contributed by atoms with Gasteiger partial charge in [-0.15, -0.1) is 0 Å². The molecule has 0 saturated carbocycles. The predicted molar refractivity (Wildman–Crippen MR) is 98.1 cm³/mol. The molecule has 0 aliphatic heterocycles. The zero-order chi connectivity index (χ0) is 20.5. The Labute approximate surface area is 160 Å². The molecule has 1 aromatic carbocycles. The minimum atomic E-state index is -1.66.